The fourth-order valence-corrected chi connectivity index (χ4v) is 3.41. The van der Waals surface area contributed by atoms with Crippen LogP contribution >= 0.6 is 0 Å². The highest BCUT2D eigenvalue weighted by molar-refractivity contribution is 7.90. The number of sulfone groups is 1. The largest absolute Gasteiger partial charge is 0.325 e. The molecule has 1 saturated carbocycles. The molecule has 98 valence electrons. The van der Waals surface area contributed by atoms with Crippen LogP contribution in [-0.2, 0) is 14.6 Å². The summed E-state index contributed by atoms with van der Waals surface area (Å²) in [6.45, 7) is 2.22. The van der Waals surface area contributed by atoms with Gasteiger partial charge in [0.1, 0.15) is 9.84 Å². The Bertz CT molecular complexity index is 412. The molecule has 5 nitrogen and oxygen atoms in total. The molecule has 17 heavy (non-hydrogen) atoms. The molecule has 0 radical (unpaired) electrons. The lowest BCUT2D eigenvalue weighted by atomic mass is 9.98. The van der Waals surface area contributed by atoms with Crippen molar-refractivity contribution in [1.82, 2.24) is 10.2 Å². The summed E-state index contributed by atoms with van der Waals surface area (Å²) in [5.41, 5.74) is -0.392. The second kappa shape index (κ2) is 4.24. The monoisotopic (exact) mass is 260 g/mol. The van der Waals surface area contributed by atoms with Crippen molar-refractivity contribution in [3.63, 3.8) is 0 Å². The number of nitrogens with zero attached hydrogens (tertiary/aromatic N) is 1. The molecule has 1 heterocycles. The van der Waals surface area contributed by atoms with Gasteiger partial charge in [-0.2, -0.15) is 0 Å². The van der Waals surface area contributed by atoms with Gasteiger partial charge in [0.2, 0.25) is 5.91 Å². The van der Waals surface area contributed by atoms with Gasteiger partial charge in [0.05, 0.1) is 17.5 Å². The Morgan fingerprint density at radius 3 is 2.53 bits per heavy atom. The summed E-state index contributed by atoms with van der Waals surface area (Å²) in [4.78, 5) is 14.0. The maximum atomic E-state index is 12.3. The van der Waals surface area contributed by atoms with Crippen LogP contribution in [0.25, 0.3) is 0 Å². The molecule has 0 bridgehead atoms. The summed E-state index contributed by atoms with van der Waals surface area (Å²) in [6.07, 6.45) is 5.06. The maximum Gasteiger partial charge on any atom is 0.244 e. The molecule has 0 aromatic rings. The molecule has 2 rings (SSSR count). The predicted octanol–water partition coefficient (Wildman–Crippen LogP) is 0.122. The lowest BCUT2D eigenvalue weighted by molar-refractivity contribution is -0.132. The van der Waals surface area contributed by atoms with Crippen molar-refractivity contribution in [2.24, 2.45) is 0 Å². The van der Waals surface area contributed by atoms with Crippen molar-refractivity contribution in [2.75, 3.05) is 18.6 Å². The van der Waals surface area contributed by atoms with E-state index < -0.39 is 15.4 Å². The number of carbonyl (C=O) groups excluding carboxylic acids is 1. The van der Waals surface area contributed by atoms with Gasteiger partial charge in [-0.05, 0) is 19.8 Å². The van der Waals surface area contributed by atoms with Crippen LogP contribution in [0, 0.1) is 0 Å². The summed E-state index contributed by atoms with van der Waals surface area (Å²) in [6, 6.07) is 0. The van der Waals surface area contributed by atoms with Crippen LogP contribution in [0.3, 0.4) is 0 Å². The van der Waals surface area contributed by atoms with E-state index in [1.807, 2.05) is 6.92 Å². The van der Waals surface area contributed by atoms with Crippen LogP contribution < -0.4 is 5.32 Å². The molecule has 0 aromatic heterocycles. The average molecular weight is 260 g/mol. The molecule has 0 aromatic carbocycles. The van der Waals surface area contributed by atoms with Gasteiger partial charge in [0.25, 0.3) is 0 Å². The zero-order valence-corrected chi connectivity index (χ0v) is 11.2. The van der Waals surface area contributed by atoms with E-state index in [1.54, 1.807) is 4.90 Å². The number of rotatable bonds is 3. The van der Waals surface area contributed by atoms with E-state index in [4.69, 9.17) is 0 Å². The van der Waals surface area contributed by atoms with E-state index in [-0.39, 0.29) is 17.8 Å². The van der Waals surface area contributed by atoms with Crippen molar-refractivity contribution in [1.29, 1.82) is 0 Å². The Balaban J connectivity index is 2.06. The minimum Gasteiger partial charge on any atom is -0.325 e. The van der Waals surface area contributed by atoms with Crippen LogP contribution in [0.15, 0.2) is 0 Å². The van der Waals surface area contributed by atoms with Gasteiger partial charge in [0, 0.05) is 12.8 Å². The molecule has 6 heteroatoms. The van der Waals surface area contributed by atoms with E-state index in [0.29, 0.717) is 6.54 Å². The predicted molar refractivity (Wildman–Crippen MR) is 65.2 cm³/mol. The third kappa shape index (κ3) is 2.47. The zero-order valence-electron chi connectivity index (χ0n) is 10.4. The van der Waals surface area contributed by atoms with E-state index >= 15 is 0 Å². The van der Waals surface area contributed by atoms with Crippen molar-refractivity contribution in [3.05, 3.63) is 0 Å². The average Bonchev–Trinajstić information content (AvgIpc) is 2.73. The molecule has 1 N–H and O–H groups in total. The van der Waals surface area contributed by atoms with Gasteiger partial charge in [-0.3, -0.25) is 10.1 Å². The smallest absolute Gasteiger partial charge is 0.244 e. The minimum atomic E-state index is -3.02. The summed E-state index contributed by atoms with van der Waals surface area (Å²) < 4.78 is 22.3. The molecule has 1 amide bonds. The maximum absolute atomic E-state index is 12.3. The Morgan fingerprint density at radius 1 is 1.41 bits per heavy atom. The third-order valence-corrected chi connectivity index (χ3v) is 4.71. The highest BCUT2D eigenvalue weighted by atomic mass is 32.2. The SMILES string of the molecule is CC1NC2(CCCC2)C(=O)N1CCS(C)(=O)=O. The molecular weight excluding hydrogens is 240 g/mol. The van der Waals surface area contributed by atoms with Gasteiger partial charge < -0.3 is 4.90 Å². The normalized spacial score (nSPS) is 28.2. The van der Waals surface area contributed by atoms with Crippen molar-refractivity contribution in [3.8, 4) is 0 Å². The molecule has 2 aliphatic rings. The van der Waals surface area contributed by atoms with Crippen molar-refractivity contribution >= 4 is 15.7 Å². The van der Waals surface area contributed by atoms with Gasteiger partial charge in [0.15, 0.2) is 0 Å². The number of hydrogen-bond acceptors (Lipinski definition) is 4. The number of amides is 1. The van der Waals surface area contributed by atoms with Crippen LogP contribution in [0.1, 0.15) is 32.6 Å². The van der Waals surface area contributed by atoms with Crippen LogP contribution in [0.2, 0.25) is 0 Å². The number of hydrogen-bond donors (Lipinski definition) is 1. The number of carbonyl (C=O) groups is 1. The molecule has 1 aliphatic carbocycles. The fourth-order valence-electron chi connectivity index (χ4n) is 2.89. The highest BCUT2D eigenvalue weighted by Crippen LogP contribution is 2.36. The van der Waals surface area contributed by atoms with Gasteiger partial charge >= 0.3 is 0 Å². The second-order valence-corrected chi connectivity index (χ2v) is 7.50. The van der Waals surface area contributed by atoms with Gasteiger partial charge in [-0.1, -0.05) is 12.8 Å². The lowest BCUT2D eigenvalue weighted by Gasteiger charge is -2.21. The second-order valence-electron chi connectivity index (χ2n) is 5.24. The van der Waals surface area contributed by atoms with E-state index in [0.717, 1.165) is 25.7 Å². The van der Waals surface area contributed by atoms with Crippen molar-refractivity contribution < 1.29 is 13.2 Å². The fraction of sp³-hybridized carbons (Fsp3) is 0.909. The summed E-state index contributed by atoms with van der Waals surface area (Å²) in [7, 11) is -3.02. The molecule has 1 saturated heterocycles. The van der Waals surface area contributed by atoms with Crippen LogP contribution in [0.4, 0.5) is 0 Å². The Labute approximate surface area is 102 Å². The van der Waals surface area contributed by atoms with Crippen LogP contribution in [-0.4, -0.2) is 49.5 Å². The first kappa shape index (κ1) is 12.8. The van der Waals surface area contributed by atoms with Crippen molar-refractivity contribution in [2.45, 2.75) is 44.3 Å². The van der Waals surface area contributed by atoms with Gasteiger partial charge in [-0.25, -0.2) is 8.42 Å². The lowest BCUT2D eigenvalue weighted by Crippen LogP contribution is -2.44. The third-order valence-electron chi connectivity index (χ3n) is 3.78. The molecule has 1 aliphatic heterocycles. The molecule has 2 fully saturated rings. The quantitative estimate of drug-likeness (QED) is 0.783. The van der Waals surface area contributed by atoms with E-state index in [1.165, 1.54) is 6.26 Å². The Kier molecular flexibility index (Phi) is 3.20. The first-order valence-electron chi connectivity index (χ1n) is 6.11. The first-order valence-corrected chi connectivity index (χ1v) is 8.17. The molecule has 1 spiro atoms. The molecular formula is C11H20N2O3S. The minimum absolute atomic E-state index is 0.0425. The van der Waals surface area contributed by atoms with E-state index in [9.17, 15) is 13.2 Å². The van der Waals surface area contributed by atoms with E-state index in [2.05, 4.69) is 5.32 Å². The Hall–Kier alpha value is -0.620. The standard InChI is InChI=1S/C11H20N2O3S/c1-9-12-11(5-3-4-6-11)10(14)13(9)7-8-17(2,15)16/h9,12H,3-8H2,1-2H3. The van der Waals surface area contributed by atoms with Crippen LogP contribution in [0.5, 0.6) is 0 Å². The first-order chi connectivity index (χ1) is 7.84. The molecule has 1 unspecified atom stereocenters. The summed E-state index contributed by atoms with van der Waals surface area (Å²) >= 11 is 0. The number of nitrogens with one attached hydrogen (secondary N) is 1. The zero-order chi connectivity index (χ0) is 12.7. The van der Waals surface area contributed by atoms with Gasteiger partial charge in [-0.15, -0.1) is 0 Å². The topological polar surface area (TPSA) is 66.5 Å². The highest BCUT2D eigenvalue weighted by Gasteiger charge is 2.50. The summed E-state index contributed by atoms with van der Waals surface area (Å²) in [5, 5.41) is 3.35. The summed E-state index contributed by atoms with van der Waals surface area (Å²) in [5.74, 6) is 0.132. The molecule has 1 atom stereocenters. The Morgan fingerprint density at radius 2 is 2.00 bits per heavy atom.